The van der Waals surface area contributed by atoms with Crippen molar-refractivity contribution >= 4 is 34.0 Å². The molecule has 1 fully saturated rings. The van der Waals surface area contributed by atoms with Crippen LogP contribution in [0.3, 0.4) is 0 Å². The number of benzene rings is 1. The van der Waals surface area contributed by atoms with Crippen LogP contribution in [-0.2, 0) is 16.0 Å². The summed E-state index contributed by atoms with van der Waals surface area (Å²) in [4.78, 5) is 19.8. The average Bonchev–Trinajstić information content (AvgIpc) is 2.95. The number of anilines is 1. The lowest BCUT2D eigenvalue weighted by atomic mass is 10.1. The number of amides is 1. The van der Waals surface area contributed by atoms with Gasteiger partial charge in [-0.3, -0.25) is 9.69 Å². The van der Waals surface area contributed by atoms with Gasteiger partial charge in [0.05, 0.1) is 18.8 Å². The molecule has 0 saturated carbocycles. The number of carbonyl (C=O) groups excluding carboxylic acids is 1. The van der Waals surface area contributed by atoms with Gasteiger partial charge in [0.25, 0.3) is 0 Å². The monoisotopic (exact) mass is 379 g/mol. The number of nitrogens with zero attached hydrogens (tertiary/aromatic N) is 2. The van der Waals surface area contributed by atoms with E-state index in [0.29, 0.717) is 11.7 Å². The molecule has 2 aromatic rings. The second-order valence-corrected chi connectivity index (χ2v) is 7.99. The molecule has 0 bridgehead atoms. The fourth-order valence-electron chi connectivity index (χ4n) is 3.03. The van der Waals surface area contributed by atoms with E-state index in [2.05, 4.69) is 15.2 Å². The number of hydrogen-bond donors (Lipinski definition) is 1. The molecular weight excluding hydrogens is 358 g/mol. The zero-order chi connectivity index (χ0) is 17.8. The summed E-state index contributed by atoms with van der Waals surface area (Å²) in [6.07, 6.45) is 2.90. The van der Waals surface area contributed by atoms with Crippen LogP contribution in [0.15, 0.2) is 30.5 Å². The molecule has 134 valence electrons. The fraction of sp³-hybridized carbons (Fsp3) is 0.444. The van der Waals surface area contributed by atoms with E-state index in [1.54, 1.807) is 0 Å². The minimum atomic E-state index is -0.0336. The molecule has 1 amide bonds. The minimum absolute atomic E-state index is 0.0336. The quantitative estimate of drug-likeness (QED) is 0.864. The molecule has 3 rings (SSSR count). The Bertz CT molecular complexity index is 709. The lowest BCUT2D eigenvalue weighted by molar-refractivity contribution is -0.121. The zero-order valence-corrected chi connectivity index (χ0v) is 15.9. The van der Waals surface area contributed by atoms with Crippen molar-refractivity contribution in [3.8, 4) is 0 Å². The van der Waals surface area contributed by atoms with Crippen molar-refractivity contribution in [1.29, 1.82) is 0 Å². The molecule has 1 aliphatic rings. The number of morpholine rings is 1. The van der Waals surface area contributed by atoms with Crippen molar-refractivity contribution in [3.05, 3.63) is 45.9 Å². The van der Waals surface area contributed by atoms with Gasteiger partial charge in [0.1, 0.15) is 0 Å². The van der Waals surface area contributed by atoms with Crippen molar-refractivity contribution in [1.82, 2.24) is 9.88 Å². The first-order valence-corrected chi connectivity index (χ1v) is 9.54. The minimum Gasteiger partial charge on any atom is -0.373 e. The van der Waals surface area contributed by atoms with Crippen LogP contribution in [0.2, 0.25) is 5.02 Å². The van der Waals surface area contributed by atoms with Crippen LogP contribution < -0.4 is 5.32 Å². The Morgan fingerprint density at radius 1 is 1.32 bits per heavy atom. The smallest absolute Gasteiger partial charge is 0.240 e. The molecule has 7 heteroatoms. The van der Waals surface area contributed by atoms with Crippen LogP contribution in [0, 0.1) is 0 Å². The van der Waals surface area contributed by atoms with Gasteiger partial charge in [-0.1, -0.05) is 23.7 Å². The maximum atomic E-state index is 12.3. The molecular formula is C18H22ClN3O2S. The number of nitrogens with one attached hydrogen (secondary N) is 1. The van der Waals surface area contributed by atoms with Gasteiger partial charge in [-0.25, -0.2) is 4.98 Å². The number of ether oxygens (including phenoxy) is 1. The van der Waals surface area contributed by atoms with E-state index in [-0.39, 0.29) is 18.1 Å². The van der Waals surface area contributed by atoms with Crippen molar-refractivity contribution < 1.29 is 9.53 Å². The largest absolute Gasteiger partial charge is 0.373 e. The molecule has 2 heterocycles. The third-order valence-electron chi connectivity index (χ3n) is 3.95. The molecule has 25 heavy (non-hydrogen) atoms. The van der Waals surface area contributed by atoms with Crippen LogP contribution >= 0.6 is 22.9 Å². The standard InChI is InChI=1S/C18H22ClN3O2S/c1-12-9-22(10-13(2)24-12)11-17(23)21-18-20-8-16(25-18)7-14-3-5-15(19)6-4-14/h3-6,8,12-13H,7,9-11H2,1-2H3,(H,20,21,23)/t12-,13-/m1/s1. The summed E-state index contributed by atoms with van der Waals surface area (Å²) in [5.41, 5.74) is 1.17. The van der Waals surface area contributed by atoms with Crippen LogP contribution in [0.4, 0.5) is 5.13 Å². The Morgan fingerprint density at radius 2 is 2.00 bits per heavy atom. The summed E-state index contributed by atoms with van der Waals surface area (Å²) in [5.74, 6) is -0.0336. The highest BCUT2D eigenvalue weighted by Gasteiger charge is 2.23. The highest BCUT2D eigenvalue weighted by Crippen LogP contribution is 2.22. The molecule has 0 radical (unpaired) electrons. The summed E-state index contributed by atoms with van der Waals surface area (Å²) in [7, 11) is 0. The van der Waals surface area contributed by atoms with E-state index in [1.807, 2.05) is 44.3 Å². The van der Waals surface area contributed by atoms with Crippen LogP contribution in [0.1, 0.15) is 24.3 Å². The zero-order valence-electron chi connectivity index (χ0n) is 14.4. The number of carbonyl (C=O) groups is 1. The summed E-state index contributed by atoms with van der Waals surface area (Å²) in [5, 5.41) is 4.27. The van der Waals surface area contributed by atoms with Gasteiger partial charge >= 0.3 is 0 Å². The number of halogens is 1. The van der Waals surface area contributed by atoms with Crippen molar-refractivity contribution in [2.24, 2.45) is 0 Å². The Balaban J connectivity index is 1.52. The summed E-state index contributed by atoms with van der Waals surface area (Å²) in [6, 6.07) is 7.76. The maximum absolute atomic E-state index is 12.3. The van der Waals surface area contributed by atoms with Crippen molar-refractivity contribution in [3.63, 3.8) is 0 Å². The summed E-state index contributed by atoms with van der Waals surface area (Å²) in [6.45, 7) is 5.98. The second-order valence-electron chi connectivity index (χ2n) is 6.43. The number of rotatable bonds is 5. The van der Waals surface area contributed by atoms with E-state index < -0.39 is 0 Å². The molecule has 0 aliphatic carbocycles. The number of hydrogen-bond acceptors (Lipinski definition) is 5. The molecule has 1 aromatic heterocycles. The van der Waals surface area contributed by atoms with E-state index in [0.717, 1.165) is 29.4 Å². The Labute approximate surface area is 157 Å². The Hall–Kier alpha value is -1.47. The first-order chi connectivity index (χ1) is 12.0. The normalized spacial score (nSPS) is 21.2. The SMILES string of the molecule is C[C@@H]1CN(CC(=O)Nc2ncc(Cc3ccc(Cl)cc3)s2)C[C@@H](C)O1. The number of aromatic nitrogens is 1. The van der Waals surface area contributed by atoms with Gasteiger partial charge in [0, 0.05) is 35.6 Å². The molecule has 0 spiro atoms. The molecule has 1 aliphatic heterocycles. The third kappa shape index (κ3) is 5.51. The van der Waals surface area contributed by atoms with Gasteiger partial charge in [-0.2, -0.15) is 0 Å². The lowest BCUT2D eigenvalue weighted by Crippen LogP contribution is -2.48. The van der Waals surface area contributed by atoms with E-state index in [4.69, 9.17) is 16.3 Å². The summed E-state index contributed by atoms with van der Waals surface area (Å²) >= 11 is 7.41. The van der Waals surface area contributed by atoms with Crippen LogP contribution in [0.5, 0.6) is 0 Å². The molecule has 1 aromatic carbocycles. The van der Waals surface area contributed by atoms with Crippen LogP contribution in [-0.4, -0.2) is 47.6 Å². The molecule has 1 N–H and O–H groups in total. The van der Waals surface area contributed by atoms with Gasteiger partial charge in [0.15, 0.2) is 5.13 Å². The van der Waals surface area contributed by atoms with Gasteiger partial charge < -0.3 is 10.1 Å². The van der Waals surface area contributed by atoms with E-state index in [9.17, 15) is 4.79 Å². The Morgan fingerprint density at radius 3 is 2.68 bits per heavy atom. The molecule has 5 nitrogen and oxygen atoms in total. The highest BCUT2D eigenvalue weighted by atomic mass is 35.5. The van der Waals surface area contributed by atoms with Crippen molar-refractivity contribution in [2.45, 2.75) is 32.5 Å². The number of thiazole rings is 1. The molecule has 2 atom stereocenters. The topological polar surface area (TPSA) is 54.5 Å². The van der Waals surface area contributed by atoms with Crippen molar-refractivity contribution in [2.75, 3.05) is 25.0 Å². The fourth-order valence-corrected chi connectivity index (χ4v) is 4.01. The molecule has 1 saturated heterocycles. The first-order valence-electron chi connectivity index (χ1n) is 8.35. The van der Waals surface area contributed by atoms with E-state index in [1.165, 1.54) is 16.9 Å². The third-order valence-corrected chi connectivity index (χ3v) is 5.12. The predicted molar refractivity (Wildman–Crippen MR) is 101 cm³/mol. The molecule has 0 unspecified atom stereocenters. The predicted octanol–water partition coefficient (Wildman–Crippen LogP) is 3.44. The Kier molecular flexibility index (Phi) is 6.06. The maximum Gasteiger partial charge on any atom is 0.240 e. The summed E-state index contributed by atoms with van der Waals surface area (Å²) < 4.78 is 5.69. The first kappa shape index (κ1) is 18.3. The van der Waals surface area contributed by atoms with Gasteiger partial charge in [-0.15, -0.1) is 11.3 Å². The lowest BCUT2D eigenvalue weighted by Gasteiger charge is -2.34. The van der Waals surface area contributed by atoms with Gasteiger partial charge in [-0.05, 0) is 31.5 Å². The van der Waals surface area contributed by atoms with E-state index >= 15 is 0 Å². The average molecular weight is 380 g/mol. The second kappa shape index (κ2) is 8.27. The van der Waals surface area contributed by atoms with Gasteiger partial charge in [0.2, 0.25) is 5.91 Å². The highest BCUT2D eigenvalue weighted by molar-refractivity contribution is 7.15. The van der Waals surface area contributed by atoms with Crippen LogP contribution in [0.25, 0.3) is 0 Å².